The zero-order valence-corrected chi connectivity index (χ0v) is 13.4. The lowest BCUT2D eigenvalue weighted by atomic mass is 10.1. The summed E-state index contributed by atoms with van der Waals surface area (Å²) in [6, 6.07) is 11.6. The fourth-order valence-corrected chi connectivity index (χ4v) is 2.36. The molecule has 19 heavy (non-hydrogen) atoms. The highest BCUT2D eigenvalue weighted by Crippen LogP contribution is 2.32. The number of anilines is 2. The maximum atomic E-state index is 6.00. The first-order chi connectivity index (χ1) is 8.97. The first-order valence-electron chi connectivity index (χ1n) is 5.74. The zero-order valence-electron chi connectivity index (χ0n) is 10.3. The van der Waals surface area contributed by atoms with Crippen molar-refractivity contribution in [2.75, 3.05) is 11.1 Å². The van der Waals surface area contributed by atoms with E-state index < -0.39 is 0 Å². The van der Waals surface area contributed by atoms with Gasteiger partial charge < -0.3 is 11.1 Å². The summed E-state index contributed by atoms with van der Waals surface area (Å²) in [5.41, 5.74) is 8.45. The maximum absolute atomic E-state index is 6.00. The fraction of sp³-hybridized carbons (Fsp3) is 0.143. The van der Waals surface area contributed by atoms with Crippen LogP contribution in [0.4, 0.5) is 11.4 Å². The Kier molecular flexibility index (Phi) is 4.61. The molecule has 0 radical (unpaired) electrons. The molecule has 0 fully saturated rings. The Labute approximate surface area is 131 Å². The van der Waals surface area contributed by atoms with Crippen LogP contribution in [-0.4, -0.2) is 0 Å². The van der Waals surface area contributed by atoms with Crippen molar-refractivity contribution < 1.29 is 0 Å². The van der Waals surface area contributed by atoms with Crippen LogP contribution in [0.5, 0.6) is 0 Å². The first kappa shape index (κ1) is 14.5. The highest BCUT2D eigenvalue weighted by Gasteiger charge is 2.09. The molecule has 0 saturated heterocycles. The van der Waals surface area contributed by atoms with E-state index >= 15 is 0 Å². The van der Waals surface area contributed by atoms with Crippen LogP contribution >= 0.6 is 39.1 Å². The molecule has 3 N–H and O–H groups in total. The van der Waals surface area contributed by atoms with E-state index in [4.69, 9.17) is 28.9 Å². The Morgan fingerprint density at radius 1 is 1.11 bits per heavy atom. The molecular weight excluding hydrogens is 347 g/mol. The normalized spacial score (nSPS) is 12.2. The van der Waals surface area contributed by atoms with E-state index in [0.29, 0.717) is 15.7 Å². The van der Waals surface area contributed by atoms with Crippen molar-refractivity contribution >= 4 is 50.5 Å². The van der Waals surface area contributed by atoms with Gasteiger partial charge in [0.15, 0.2) is 0 Å². The van der Waals surface area contributed by atoms with E-state index in [1.165, 1.54) is 0 Å². The minimum absolute atomic E-state index is 0.118. The summed E-state index contributed by atoms with van der Waals surface area (Å²) in [7, 11) is 0. The number of hydrogen-bond acceptors (Lipinski definition) is 2. The molecule has 100 valence electrons. The Hall–Kier alpha value is -0.900. The van der Waals surface area contributed by atoms with Crippen LogP contribution in [0.25, 0.3) is 0 Å². The van der Waals surface area contributed by atoms with Crippen LogP contribution in [0.2, 0.25) is 10.0 Å². The lowest BCUT2D eigenvalue weighted by Crippen LogP contribution is -2.08. The van der Waals surface area contributed by atoms with E-state index in [-0.39, 0.29) is 6.04 Å². The summed E-state index contributed by atoms with van der Waals surface area (Å²) in [6.45, 7) is 2.06. The number of hydrogen-bond donors (Lipinski definition) is 2. The van der Waals surface area contributed by atoms with Gasteiger partial charge in [-0.2, -0.15) is 0 Å². The van der Waals surface area contributed by atoms with E-state index in [1.807, 2.05) is 12.1 Å². The molecule has 0 aromatic heterocycles. The number of nitrogen functional groups attached to an aromatic ring is 1. The first-order valence-corrected chi connectivity index (χ1v) is 7.29. The molecule has 0 aliphatic rings. The molecule has 2 nitrogen and oxygen atoms in total. The zero-order chi connectivity index (χ0) is 14.0. The van der Waals surface area contributed by atoms with Gasteiger partial charge in [0.05, 0.1) is 21.4 Å². The summed E-state index contributed by atoms with van der Waals surface area (Å²) < 4.78 is 1.05. The second-order valence-electron chi connectivity index (χ2n) is 4.27. The third-order valence-corrected chi connectivity index (χ3v) is 4.09. The largest absolute Gasteiger partial charge is 0.397 e. The van der Waals surface area contributed by atoms with Crippen molar-refractivity contribution in [3.05, 3.63) is 56.5 Å². The Balaban J connectivity index is 2.21. The van der Waals surface area contributed by atoms with Crippen molar-refractivity contribution in [3.8, 4) is 0 Å². The van der Waals surface area contributed by atoms with Gasteiger partial charge in [-0.15, -0.1) is 0 Å². The average molecular weight is 360 g/mol. The highest BCUT2D eigenvalue weighted by atomic mass is 79.9. The number of nitrogens with one attached hydrogen (secondary N) is 1. The molecular formula is C14H13BrCl2N2. The monoisotopic (exact) mass is 358 g/mol. The smallest absolute Gasteiger partial charge is 0.0614 e. The molecule has 2 rings (SSSR count). The average Bonchev–Trinajstić information content (AvgIpc) is 2.36. The van der Waals surface area contributed by atoms with Crippen LogP contribution in [0, 0.1) is 0 Å². The standard InChI is InChI=1S/C14H13BrCl2N2/c1-8(9-2-4-10(15)5-3-9)19-14-7-12(17)11(16)6-13(14)18/h2-8,19H,18H2,1H3. The number of benzene rings is 2. The summed E-state index contributed by atoms with van der Waals surface area (Å²) in [5, 5.41) is 4.28. The number of halogens is 3. The summed E-state index contributed by atoms with van der Waals surface area (Å²) in [5.74, 6) is 0. The Morgan fingerprint density at radius 2 is 1.68 bits per heavy atom. The molecule has 1 atom stereocenters. The Morgan fingerprint density at radius 3 is 2.32 bits per heavy atom. The molecule has 0 aliphatic carbocycles. The number of nitrogens with two attached hydrogens (primary N) is 1. The Bertz CT molecular complexity index is 585. The van der Waals surface area contributed by atoms with Crippen LogP contribution in [-0.2, 0) is 0 Å². The molecule has 2 aromatic carbocycles. The van der Waals surface area contributed by atoms with Crippen molar-refractivity contribution in [3.63, 3.8) is 0 Å². The summed E-state index contributed by atoms with van der Waals surface area (Å²) in [6.07, 6.45) is 0. The van der Waals surface area contributed by atoms with Gasteiger partial charge in [-0.25, -0.2) is 0 Å². The second-order valence-corrected chi connectivity index (χ2v) is 6.00. The molecule has 0 amide bonds. The van der Waals surface area contributed by atoms with Crippen molar-refractivity contribution in [1.82, 2.24) is 0 Å². The lowest BCUT2D eigenvalue weighted by Gasteiger charge is -2.18. The maximum Gasteiger partial charge on any atom is 0.0614 e. The molecule has 1 unspecified atom stereocenters. The van der Waals surface area contributed by atoms with Crippen molar-refractivity contribution in [1.29, 1.82) is 0 Å². The summed E-state index contributed by atoms with van der Waals surface area (Å²) >= 11 is 15.3. The lowest BCUT2D eigenvalue weighted by molar-refractivity contribution is 0.885. The van der Waals surface area contributed by atoms with Crippen LogP contribution < -0.4 is 11.1 Å². The molecule has 0 bridgehead atoms. The number of rotatable bonds is 3. The van der Waals surface area contributed by atoms with Gasteiger partial charge in [0.2, 0.25) is 0 Å². The van der Waals surface area contributed by atoms with Crippen LogP contribution in [0.15, 0.2) is 40.9 Å². The van der Waals surface area contributed by atoms with Gasteiger partial charge in [-0.1, -0.05) is 51.3 Å². The molecule has 0 aliphatic heterocycles. The van der Waals surface area contributed by atoms with Crippen molar-refractivity contribution in [2.24, 2.45) is 0 Å². The quantitative estimate of drug-likeness (QED) is 0.709. The van der Waals surface area contributed by atoms with E-state index in [1.54, 1.807) is 12.1 Å². The van der Waals surface area contributed by atoms with Gasteiger partial charge in [-0.05, 0) is 36.8 Å². The highest BCUT2D eigenvalue weighted by molar-refractivity contribution is 9.10. The second kappa shape index (κ2) is 6.04. The van der Waals surface area contributed by atoms with Crippen LogP contribution in [0.1, 0.15) is 18.5 Å². The van der Waals surface area contributed by atoms with Crippen molar-refractivity contribution in [2.45, 2.75) is 13.0 Å². The fourth-order valence-electron chi connectivity index (χ4n) is 1.76. The molecule has 2 aromatic rings. The van der Waals surface area contributed by atoms with Gasteiger partial charge in [0.1, 0.15) is 0 Å². The molecule has 5 heteroatoms. The predicted octanol–water partition coefficient (Wildman–Crippen LogP) is 5.51. The van der Waals surface area contributed by atoms with Gasteiger partial charge in [0.25, 0.3) is 0 Å². The molecule has 0 saturated carbocycles. The minimum atomic E-state index is 0.118. The van der Waals surface area contributed by atoms with E-state index in [0.717, 1.165) is 15.7 Å². The third-order valence-electron chi connectivity index (χ3n) is 2.83. The topological polar surface area (TPSA) is 38.0 Å². The predicted molar refractivity (Wildman–Crippen MR) is 87.1 cm³/mol. The minimum Gasteiger partial charge on any atom is -0.397 e. The van der Waals surface area contributed by atoms with Gasteiger partial charge in [-0.3, -0.25) is 0 Å². The molecule has 0 spiro atoms. The molecule has 0 heterocycles. The van der Waals surface area contributed by atoms with E-state index in [2.05, 4.69) is 40.3 Å². The third kappa shape index (κ3) is 3.56. The van der Waals surface area contributed by atoms with Crippen LogP contribution in [0.3, 0.4) is 0 Å². The van der Waals surface area contributed by atoms with E-state index in [9.17, 15) is 0 Å². The van der Waals surface area contributed by atoms with Gasteiger partial charge >= 0.3 is 0 Å². The SMILES string of the molecule is CC(Nc1cc(Cl)c(Cl)cc1N)c1ccc(Br)cc1. The van der Waals surface area contributed by atoms with Gasteiger partial charge in [0, 0.05) is 10.5 Å². The summed E-state index contributed by atoms with van der Waals surface area (Å²) in [4.78, 5) is 0.